The summed E-state index contributed by atoms with van der Waals surface area (Å²) >= 11 is 1.80. The molecule has 0 aliphatic heterocycles. The summed E-state index contributed by atoms with van der Waals surface area (Å²) in [5, 5.41) is 6.13. The minimum atomic E-state index is -0.108. The van der Waals surface area contributed by atoms with E-state index in [0.717, 1.165) is 19.5 Å². The zero-order valence-corrected chi connectivity index (χ0v) is 11.3. The molecule has 0 aliphatic carbocycles. The highest BCUT2D eigenvalue weighted by molar-refractivity contribution is 7.99. The fourth-order valence-electron chi connectivity index (χ4n) is 0.965. The van der Waals surface area contributed by atoms with Gasteiger partial charge in [-0.05, 0) is 33.4 Å². The maximum Gasteiger partial charge on any atom is 0.236 e. The zero-order valence-electron chi connectivity index (χ0n) is 10.5. The number of hydrogen-bond acceptors (Lipinski definition) is 3. The highest BCUT2D eigenvalue weighted by Crippen LogP contribution is 2.19. The molecular formula is C11H24N2OS. The van der Waals surface area contributed by atoms with Crippen molar-refractivity contribution in [3.05, 3.63) is 0 Å². The van der Waals surface area contributed by atoms with Crippen LogP contribution in [0.15, 0.2) is 0 Å². The molecule has 0 aliphatic rings. The van der Waals surface area contributed by atoms with Crippen LogP contribution in [0.5, 0.6) is 0 Å². The third-order valence-corrected chi connectivity index (χ3v) is 3.58. The van der Waals surface area contributed by atoms with Gasteiger partial charge in [-0.25, -0.2) is 0 Å². The summed E-state index contributed by atoms with van der Waals surface area (Å²) in [4.78, 5) is 11.5. The lowest BCUT2D eigenvalue weighted by molar-refractivity contribution is -0.122. The second kappa shape index (κ2) is 7.12. The van der Waals surface area contributed by atoms with Crippen LogP contribution in [0.3, 0.4) is 0 Å². The molecule has 0 saturated heterocycles. The Bertz CT molecular complexity index is 195. The summed E-state index contributed by atoms with van der Waals surface area (Å²) in [6, 6.07) is -0.108. The summed E-state index contributed by atoms with van der Waals surface area (Å²) in [7, 11) is 0. The fraction of sp³-hybridized carbons (Fsp3) is 0.909. The van der Waals surface area contributed by atoms with Gasteiger partial charge in [0.1, 0.15) is 0 Å². The predicted octanol–water partition coefficient (Wildman–Crippen LogP) is 1.63. The van der Waals surface area contributed by atoms with Crippen LogP contribution in [0.1, 0.15) is 34.1 Å². The average molecular weight is 232 g/mol. The van der Waals surface area contributed by atoms with E-state index in [1.807, 2.05) is 6.92 Å². The van der Waals surface area contributed by atoms with Gasteiger partial charge in [0.25, 0.3) is 0 Å². The Balaban J connectivity index is 3.82. The first-order chi connectivity index (χ1) is 6.93. The van der Waals surface area contributed by atoms with E-state index in [-0.39, 0.29) is 16.7 Å². The highest BCUT2D eigenvalue weighted by atomic mass is 32.2. The Morgan fingerprint density at radius 2 is 2.07 bits per heavy atom. The van der Waals surface area contributed by atoms with Crippen molar-refractivity contribution in [3.63, 3.8) is 0 Å². The first-order valence-corrected chi connectivity index (χ1v) is 6.71. The Morgan fingerprint density at radius 3 is 2.53 bits per heavy atom. The van der Waals surface area contributed by atoms with E-state index < -0.39 is 0 Å². The van der Waals surface area contributed by atoms with Crippen LogP contribution in [-0.2, 0) is 4.79 Å². The summed E-state index contributed by atoms with van der Waals surface area (Å²) in [5.41, 5.74) is 0. The highest BCUT2D eigenvalue weighted by Gasteiger charge is 2.19. The molecule has 0 bridgehead atoms. The monoisotopic (exact) mass is 232 g/mol. The number of nitrogens with one attached hydrogen (secondary N) is 2. The molecule has 0 fully saturated rings. The Kier molecular flexibility index (Phi) is 7.02. The van der Waals surface area contributed by atoms with Gasteiger partial charge in [0.05, 0.1) is 6.04 Å². The molecule has 0 radical (unpaired) electrons. The molecule has 1 amide bonds. The molecule has 0 aromatic carbocycles. The molecule has 2 N–H and O–H groups in total. The SMILES string of the molecule is CCCNC(=O)C(C)NCC(C)(C)SC. The third kappa shape index (κ3) is 6.79. The first-order valence-electron chi connectivity index (χ1n) is 5.49. The van der Waals surface area contributed by atoms with Gasteiger partial charge in [-0.1, -0.05) is 6.92 Å². The fourth-order valence-corrected chi connectivity index (χ4v) is 1.19. The van der Waals surface area contributed by atoms with Gasteiger partial charge < -0.3 is 10.6 Å². The largest absolute Gasteiger partial charge is 0.355 e. The molecule has 15 heavy (non-hydrogen) atoms. The quantitative estimate of drug-likeness (QED) is 0.701. The van der Waals surface area contributed by atoms with Crippen molar-refractivity contribution in [1.29, 1.82) is 0 Å². The maximum atomic E-state index is 11.5. The van der Waals surface area contributed by atoms with E-state index in [2.05, 4.69) is 37.7 Å². The number of carbonyl (C=O) groups excluding carboxylic acids is 1. The van der Waals surface area contributed by atoms with E-state index in [0.29, 0.717) is 0 Å². The van der Waals surface area contributed by atoms with Gasteiger partial charge in [0.2, 0.25) is 5.91 Å². The number of rotatable bonds is 7. The predicted molar refractivity (Wildman–Crippen MR) is 68.4 cm³/mol. The van der Waals surface area contributed by atoms with Crippen molar-refractivity contribution in [2.24, 2.45) is 0 Å². The minimum absolute atomic E-state index is 0.0914. The summed E-state index contributed by atoms with van der Waals surface area (Å²) in [6.07, 6.45) is 3.07. The van der Waals surface area contributed by atoms with Crippen LogP contribution in [0.25, 0.3) is 0 Å². The molecule has 3 nitrogen and oxygen atoms in total. The number of carbonyl (C=O) groups is 1. The van der Waals surface area contributed by atoms with E-state index in [1.165, 1.54) is 0 Å². The molecule has 0 heterocycles. The topological polar surface area (TPSA) is 41.1 Å². The van der Waals surface area contributed by atoms with Crippen LogP contribution >= 0.6 is 11.8 Å². The zero-order chi connectivity index (χ0) is 11.9. The summed E-state index contributed by atoms with van der Waals surface area (Å²) in [5.74, 6) is 0.0914. The van der Waals surface area contributed by atoms with Crippen LogP contribution in [0, 0.1) is 0 Å². The molecule has 4 heteroatoms. The molecule has 0 rings (SSSR count). The molecule has 0 saturated carbocycles. The van der Waals surface area contributed by atoms with Crippen molar-refractivity contribution < 1.29 is 4.79 Å². The van der Waals surface area contributed by atoms with Gasteiger partial charge in [0, 0.05) is 17.8 Å². The van der Waals surface area contributed by atoms with E-state index >= 15 is 0 Å². The van der Waals surface area contributed by atoms with Gasteiger partial charge in [0.15, 0.2) is 0 Å². The molecule has 0 aromatic rings. The number of thioether (sulfide) groups is 1. The second-order valence-electron chi connectivity index (χ2n) is 4.36. The Hall–Kier alpha value is -0.220. The lowest BCUT2D eigenvalue weighted by atomic mass is 10.2. The second-order valence-corrected chi connectivity index (χ2v) is 5.87. The molecule has 90 valence electrons. The van der Waals surface area contributed by atoms with E-state index in [4.69, 9.17) is 0 Å². The van der Waals surface area contributed by atoms with Crippen LogP contribution in [-0.4, -0.2) is 36.0 Å². The van der Waals surface area contributed by atoms with Crippen molar-refractivity contribution >= 4 is 17.7 Å². The summed E-state index contributed by atoms with van der Waals surface area (Å²) < 4.78 is 0.180. The van der Waals surface area contributed by atoms with Crippen LogP contribution in [0.2, 0.25) is 0 Å². The smallest absolute Gasteiger partial charge is 0.236 e. The lowest BCUT2D eigenvalue weighted by Gasteiger charge is -2.24. The standard InChI is InChI=1S/C11H24N2OS/c1-6-7-12-10(14)9(2)13-8-11(3,4)15-5/h9,13H,6-8H2,1-5H3,(H,12,14). The normalized spacial score (nSPS) is 13.7. The van der Waals surface area contributed by atoms with E-state index in [9.17, 15) is 4.79 Å². The molecule has 0 spiro atoms. The van der Waals surface area contributed by atoms with E-state index in [1.54, 1.807) is 11.8 Å². The minimum Gasteiger partial charge on any atom is -0.355 e. The Labute approximate surface area is 97.8 Å². The Morgan fingerprint density at radius 1 is 1.47 bits per heavy atom. The first kappa shape index (κ1) is 14.8. The van der Waals surface area contributed by atoms with Crippen LogP contribution in [0.4, 0.5) is 0 Å². The number of amides is 1. The molecule has 1 unspecified atom stereocenters. The van der Waals surface area contributed by atoms with Crippen LogP contribution < -0.4 is 10.6 Å². The average Bonchev–Trinajstić information content (AvgIpc) is 2.22. The van der Waals surface area contributed by atoms with Crippen molar-refractivity contribution in [3.8, 4) is 0 Å². The molecular weight excluding hydrogens is 208 g/mol. The van der Waals surface area contributed by atoms with Gasteiger partial charge in [-0.3, -0.25) is 4.79 Å². The van der Waals surface area contributed by atoms with Crippen molar-refractivity contribution in [1.82, 2.24) is 10.6 Å². The van der Waals surface area contributed by atoms with Gasteiger partial charge in [-0.15, -0.1) is 0 Å². The van der Waals surface area contributed by atoms with Crippen molar-refractivity contribution in [2.45, 2.75) is 44.9 Å². The number of hydrogen-bond donors (Lipinski definition) is 2. The van der Waals surface area contributed by atoms with Crippen molar-refractivity contribution in [2.75, 3.05) is 19.3 Å². The molecule has 0 aromatic heterocycles. The van der Waals surface area contributed by atoms with Gasteiger partial charge >= 0.3 is 0 Å². The molecule has 1 atom stereocenters. The summed E-state index contributed by atoms with van der Waals surface area (Å²) in [6.45, 7) is 9.89. The van der Waals surface area contributed by atoms with Gasteiger partial charge in [-0.2, -0.15) is 11.8 Å². The third-order valence-electron chi connectivity index (χ3n) is 2.33. The maximum absolute atomic E-state index is 11.5. The lowest BCUT2D eigenvalue weighted by Crippen LogP contribution is -2.46.